The smallest absolute Gasteiger partial charge is 0.345 e. The number of aliphatic carboxylic acids is 1. The average Bonchev–Trinajstić information content (AvgIpc) is 3.80. The number of nitrogens with one attached hydrogen (secondary N) is 1. The van der Waals surface area contributed by atoms with E-state index in [4.69, 9.17) is 61.4 Å². The molecule has 1 fully saturated rings. The van der Waals surface area contributed by atoms with Crippen LogP contribution >= 0.6 is 34.5 Å². The van der Waals surface area contributed by atoms with Crippen molar-refractivity contribution in [1.82, 2.24) is 25.1 Å². The summed E-state index contributed by atoms with van der Waals surface area (Å²) in [5.74, 6) is 0.213. The first-order chi connectivity index (χ1) is 36.3. The molecule has 1 saturated heterocycles. The van der Waals surface area contributed by atoms with E-state index in [2.05, 4.69) is 38.7 Å². The number of hydrogen-bond donors (Lipinski definition) is 2. The van der Waals surface area contributed by atoms with Crippen molar-refractivity contribution in [3.8, 4) is 50.4 Å². The summed E-state index contributed by atoms with van der Waals surface area (Å²) in [6, 6.07) is 18.8. The summed E-state index contributed by atoms with van der Waals surface area (Å²) in [6.07, 6.45) is 0.862. The molecule has 0 spiro atoms. The third-order valence-corrected chi connectivity index (χ3v) is 15.0. The molecule has 5 heterocycles. The van der Waals surface area contributed by atoms with Crippen LogP contribution in [0, 0.1) is 19.7 Å². The fourth-order valence-electron chi connectivity index (χ4n) is 8.90. The number of ether oxygens (including phenoxy) is 7. The minimum absolute atomic E-state index is 0.00200. The van der Waals surface area contributed by atoms with Gasteiger partial charge in [-0.05, 0) is 99.6 Å². The predicted molar refractivity (Wildman–Crippen MR) is 293 cm³/mol. The highest BCUT2D eigenvalue weighted by molar-refractivity contribution is 7.22. The summed E-state index contributed by atoms with van der Waals surface area (Å²) < 4.78 is 58.6. The van der Waals surface area contributed by atoms with Gasteiger partial charge in [0.25, 0.3) is 0 Å². The Bertz CT molecular complexity index is 3040. The highest BCUT2D eigenvalue weighted by atomic mass is 35.5. The van der Waals surface area contributed by atoms with E-state index in [1.807, 2.05) is 58.2 Å². The van der Waals surface area contributed by atoms with Crippen molar-refractivity contribution in [3.05, 3.63) is 130 Å². The SMILES string of the molecule is C=C(OCCOCCNC)C(COc1ccc2cc1C[C@H](C(=O)O)Oc1ncnc3sc(-c4ccc(F)cc4)c(c13)-c1c(C)c(Cl)c(c(Cl)c1C)O[C@H](CN1CCN(C)CC1)CO2)=N/C(=C\C)c1ccccc1OC. The van der Waals surface area contributed by atoms with Gasteiger partial charge in [-0.15, -0.1) is 11.3 Å². The van der Waals surface area contributed by atoms with Crippen molar-refractivity contribution in [2.75, 3.05) is 93.5 Å². The maximum atomic E-state index is 14.5. The molecule has 2 N–H and O–H groups in total. The highest BCUT2D eigenvalue weighted by Gasteiger charge is 2.32. The first kappa shape index (κ1) is 54.9. The minimum Gasteiger partial charge on any atom is -0.496 e. The lowest BCUT2D eigenvalue weighted by Gasteiger charge is -2.35. The van der Waals surface area contributed by atoms with Crippen LogP contribution in [0.15, 0.2) is 96.5 Å². The molecule has 4 bridgehead atoms. The summed E-state index contributed by atoms with van der Waals surface area (Å²) in [7, 11) is 5.54. The summed E-state index contributed by atoms with van der Waals surface area (Å²) in [5, 5.41) is 15.1. The van der Waals surface area contributed by atoms with Gasteiger partial charge < -0.3 is 48.5 Å². The number of fused-ring (bicyclic) bond motifs is 7. The largest absolute Gasteiger partial charge is 0.496 e. The zero-order valence-corrected chi connectivity index (χ0v) is 45.2. The molecule has 4 aromatic carbocycles. The maximum absolute atomic E-state index is 14.5. The molecule has 2 aromatic heterocycles. The quantitative estimate of drug-likeness (QED) is 0.0476. The second kappa shape index (κ2) is 25.5. The second-order valence-corrected chi connectivity index (χ2v) is 19.8. The third-order valence-electron chi connectivity index (χ3n) is 13.0. The third kappa shape index (κ3) is 13.0. The summed E-state index contributed by atoms with van der Waals surface area (Å²) >= 11 is 16.1. The zero-order chi connectivity index (χ0) is 53.2. The van der Waals surface area contributed by atoms with E-state index in [0.717, 1.165) is 31.7 Å². The number of aromatic nitrogens is 2. The van der Waals surface area contributed by atoms with Crippen molar-refractivity contribution in [2.45, 2.75) is 39.4 Å². The summed E-state index contributed by atoms with van der Waals surface area (Å²) in [4.78, 5) is 33.6. The van der Waals surface area contributed by atoms with E-state index in [1.54, 1.807) is 37.4 Å². The minimum atomic E-state index is -1.53. The number of piperazine rings is 1. The molecule has 0 aliphatic carbocycles. The number of para-hydroxylation sites is 1. The molecule has 3 aliphatic heterocycles. The van der Waals surface area contributed by atoms with Crippen molar-refractivity contribution in [2.24, 2.45) is 4.99 Å². The van der Waals surface area contributed by atoms with Gasteiger partial charge in [-0.25, -0.2) is 24.1 Å². The maximum Gasteiger partial charge on any atom is 0.345 e. The Morgan fingerprint density at radius 3 is 2.44 bits per heavy atom. The Labute approximate surface area is 450 Å². The fraction of sp³-hybridized carbons (Fsp3) is 0.357. The van der Waals surface area contributed by atoms with Gasteiger partial charge in [-0.2, -0.15) is 0 Å². The first-order valence-corrected chi connectivity index (χ1v) is 26.1. The van der Waals surface area contributed by atoms with Crippen molar-refractivity contribution < 1.29 is 47.4 Å². The van der Waals surface area contributed by atoms with E-state index in [0.29, 0.717) is 109 Å². The zero-order valence-electron chi connectivity index (χ0n) is 42.8. The van der Waals surface area contributed by atoms with E-state index in [9.17, 15) is 14.3 Å². The van der Waals surface area contributed by atoms with Gasteiger partial charge in [-0.1, -0.05) is 60.1 Å². The number of aliphatic imine (C=N–C) groups is 1. The molecular weight excluding hydrogens is 1020 g/mol. The molecule has 75 heavy (non-hydrogen) atoms. The number of thiophene rings is 1. The van der Waals surface area contributed by atoms with Crippen molar-refractivity contribution in [1.29, 1.82) is 0 Å². The van der Waals surface area contributed by atoms with Crippen LogP contribution in [0.3, 0.4) is 0 Å². The number of rotatable bonds is 18. The molecule has 19 heteroatoms. The van der Waals surface area contributed by atoms with Gasteiger partial charge in [0.1, 0.15) is 71.6 Å². The number of carboxylic acid groups (broad SMARTS) is 1. The molecule has 3 aliphatic rings. The van der Waals surface area contributed by atoms with Gasteiger partial charge in [0.2, 0.25) is 12.0 Å². The van der Waals surface area contributed by atoms with Crippen LogP contribution in [0.1, 0.15) is 29.2 Å². The highest BCUT2D eigenvalue weighted by Crippen LogP contribution is 2.53. The molecule has 396 valence electrons. The van der Waals surface area contributed by atoms with Gasteiger partial charge in [0, 0.05) is 67.3 Å². The van der Waals surface area contributed by atoms with Crippen molar-refractivity contribution in [3.63, 3.8) is 0 Å². The average molecular weight is 1080 g/mol. The number of carboxylic acids is 1. The van der Waals surface area contributed by atoms with Gasteiger partial charge in [-0.3, -0.25) is 4.90 Å². The van der Waals surface area contributed by atoms with Crippen LogP contribution < -0.4 is 29.0 Å². The van der Waals surface area contributed by atoms with Crippen LogP contribution in [-0.4, -0.2) is 142 Å². The number of benzene rings is 4. The molecule has 0 unspecified atom stereocenters. The van der Waals surface area contributed by atoms with Gasteiger partial charge in [0.05, 0.1) is 41.5 Å². The Balaban J connectivity index is 1.24. The molecule has 9 rings (SSSR count). The summed E-state index contributed by atoms with van der Waals surface area (Å²) in [6.45, 7) is 15.3. The lowest BCUT2D eigenvalue weighted by molar-refractivity contribution is -0.145. The van der Waals surface area contributed by atoms with Crippen molar-refractivity contribution >= 4 is 62.1 Å². The van der Waals surface area contributed by atoms with Gasteiger partial charge in [0.15, 0.2) is 5.75 Å². The fourth-order valence-corrected chi connectivity index (χ4v) is 10.6. The van der Waals surface area contributed by atoms with E-state index in [-0.39, 0.29) is 47.9 Å². The molecular formula is C56H61Cl2FN6O9S. The normalized spacial score (nSPS) is 16.7. The number of nitrogens with zero attached hydrogens (tertiary/aromatic N) is 5. The van der Waals surface area contributed by atoms with Crippen LogP contribution in [0.5, 0.6) is 28.9 Å². The first-order valence-electron chi connectivity index (χ1n) is 24.6. The molecule has 0 saturated carbocycles. The summed E-state index contributed by atoms with van der Waals surface area (Å²) in [5.41, 5.74) is 5.29. The Morgan fingerprint density at radius 1 is 0.987 bits per heavy atom. The number of allylic oxidation sites excluding steroid dienone is 1. The van der Waals surface area contributed by atoms with Gasteiger partial charge >= 0.3 is 5.97 Å². The number of carbonyl (C=O) groups is 1. The molecule has 2 atom stereocenters. The standard InChI is InChI=1S/C56H61Cl2FN6O9S/c1-8-42(41-11-9-10-12-45(41)68-7)63-43(35(4)70-26-25-69-24-19-60-5)31-72-44-18-17-39-27-37(44)28-46(56(66)67)74-54-49-48(53(75-55(49)62-32-61-54)36-13-15-38(59)16-14-36)47-33(2)50(57)52(51(58)34(47)3)73-40(30-71-39)29-65-22-20-64(6)21-23-65/h8-18,27,32,40,46,60H,4,19-26,28-31H2,1-3,5-7H3,(H,66,67)/b42-8-,63-43?/t40-,46-/m1/s1. The molecule has 6 aromatic rings. The van der Waals surface area contributed by atoms with E-state index >= 15 is 0 Å². The Morgan fingerprint density at radius 2 is 1.73 bits per heavy atom. The second-order valence-electron chi connectivity index (χ2n) is 18.0. The van der Waals surface area contributed by atoms with E-state index in [1.165, 1.54) is 29.8 Å². The number of halogens is 3. The van der Waals surface area contributed by atoms with Crippen LogP contribution in [0.2, 0.25) is 10.0 Å². The number of methoxy groups -OCH3 is 1. The monoisotopic (exact) mass is 1080 g/mol. The predicted octanol–water partition coefficient (Wildman–Crippen LogP) is 10.2. The van der Waals surface area contributed by atoms with E-state index < -0.39 is 24.0 Å². The Kier molecular flexibility index (Phi) is 18.7. The topological polar surface area (TPSA) is 159 Å². The van der Waals surface area contributed by atoms with Crippen LogP contribution in [-0.2, 0) is 20.7 Å². The lowest BCUT2D eigenvalue weighted by Crippen LogP contribution is -2.49. The lowest BCUT2D eigenvalue weighted by atomic mass is 9.92. The van der Waals surface area contributed by atoms with Crippen LogP contribution in [0.4, 0.5) is 4.39 Å². The number of hydrogen-bond acceptors (Lipinski definition) is 15. The number of likely N-dealkylation sites (N-methyl/N-ethyl adjacent to an activating group) is 2. The molecule has 0 amide bonds. The molecule has 15 nitrogen and oxygen atoms in total. The molecule has 0 radical (unpaired) electrons. The van der Waals surface area contributed by atoms with Crippen LogP contribution in [0.25, 0.3) is 37.5 Å². The Hall–Kier alpha value is -6.31.